The quantitative estimate of drug-likeness (QED) is 0.780. The van der Waals surface area contributed by atoms with Gasteiger partial charge in [-0.1, -0.05) is 6.07 Å². The molecule has 1 aliphatic heterocycles. The number of hydrogen-bond donors (Lipinski definition) is 1. The fourth-order valence-electron chi connectivity index (χ4n) is 3.12. The SMILES string of the molecule is O=c1[nH]c(-c2cccs2)nc2c1CCN(Cc1cc(F)cc(F)c1)C2. The lowest BCUT2D eigenvalue weighted by Crippen LogP contribution is -2.35. The Morgan fingerprint density at radius 2 is 2.04 bits per heavy atom. The minimum atomic E-state index is -0.582. The summed E-state index contributed by atoms with van der Waals surface area (Å²) in [6, 6.07) is 7.35. The molecule has 0 fully saturated rings. The number of H-pyrrole nitrogens is 1. The van der Waals surface area contributed by atoms with Crippen LogP contribution in [0.4, 0.5) is 8.78 Å². The summed E-state index contributed by atoms with van der Waals surface area (Å²) in [5, 5.41) is 1.93. The van der Waals surface area contributed by atoms with Gasteiger partial charge in [0.25, 0.3) is 5.56 Å². The van der Waals surface area contributed by atoms with Crippen LogP contribution < -0.4 is 5.56 Å². The third kappa shape index (κ3) is 3.38. The number of thiophene rings is 1. The van der Waals surface area contributed by atoms with E-state index in [1.54, 1.807) is 0 Å². The van der Waals surface area contributed by atoms with E-state index in [0.717, 1.165) is 16.6 Å². The molecule has 1 aliphatic rings. The molecule has 0 saturated heterocycles. The first-order chi connectivity index (χ1) is 12.1. The average molecular weight is 359 g/mol. The molecule has 3 heterocycles. The number of halogens is 2. The molecule has 128 valence electrons. The summed E-state index contributed by atoms with van der Waals surface area (Å²) in [4.78, 5) is 22.7. The van der Waals surface area contributed by atoms with E-state index in [2.05, 4.69) is 9.97 Å². The lowest BCUT2D eigenvalue weighted by atomic mass is 10.1. The van der Waals surface area contributed by atoms with Crippen molar-refractivity contribution in [3.63, 3.8) is 0 Å². The molecule has 0 atom stereocenters. The highest BCUT2D eigenvalue weighted by Gasteiger charge is 2.22. The van der Waals surface area contributed by atoms with Crippen LogP contribution in [0.15, 0.2) is 40.5 Å². The van der Waals surface area contributed by atoms with Crippen LogP contribution in [0.2, 0.25) is 0 Å². The normalized spacial score (nSPS) is 14.5. The predicted molar refractivity (Wildman–Crippen MR) is 92.3 cm³/mol. The zero-order chi connectivity index (χ0) is 17.4. The van der Waals surface area contributed by atoms with Gasteiger partial charge in [0, 0.05) is 31.3 Å². The standard InChI is InChI=1S/C18H15F2N3OS/c19-12-6-11(7-13(20)8-12)9-23-4-3-14-15(10-23)21-17(22-18(14)24)16-2-1-5-25-16/h1-2,5-8H,3-4,9-10H2,(H,21,22,24). The minimum Gasteiger partial charge on any atom is -0.306 e. The highest BCUT2D eigenvalue weighted by molar-refractivity contribution is 7.13. The largest absolute Gasteiger partial charge is 0.306 e. The minimum absolute atomic E-state index is 0.107. The summed E-state index contributed by atoms with van der Waals surface area (Å²) in [5.74, 6) is -0.596. The molecule has 1 N–H and O–H groups in total. The molecular formula is C18H15F2N3OS. The van der Waals surface area contributed by atoms with Crippen molar-refractivity contribution in [3.8, 4) is 10.7 Å². The van der Waals surface area contributed by atoms with Crippen molar-refractivity contribution in [2.75, 3.05) is 6.54 Å². The van der Waals surface area contributed by atoms with Crippen molar-refractivity contribution in [1.82, 2.24) is 14.9 Å². The van der Waals surface area contributed by atoms with Crippen LogP contribution in [0, 0.1) is 11.6 Å². The lowest BCUT2D eigenvalue weighted by Gasteiger charge is -2.27. The number of nitrogens with one attached hydrogen (secondary N) is 1. The van der Waals surface area contributed by atoms with Gasteiger partial charge in [-0.25, -0.2) is 13.8 Å². The Bertz CT molecular complexity index is 949. The van der Waals surface area contributed by atoms with E-state index in [1.165, 1.54) is 23.5 Å². The maximum absolute atomic E-state index is 13.4. The molecule has 0 unspecified atom stereocenters. The van der Waals surface area contributed by atoms with Gasteiger partial charge < -0.3 is 4.98 Å². The third-order valence-electron chi connectivity index (χ3n) is 4.24. The molecule has 3 aromatic rings. The Labute approximate surface area is 146 Å². The number of benzene rings is 1. The fourth-order valence-corrected chi connectivity index (χ4v) is 3.79. The molecule has 4 nitrogen and oxygen atoms in total. The van der Waals surface area contributed by atoms with Crippen LogP contribution in [-0.2, 0) is 19.5 Å². The van der Waals surface area contributed by atoms with E-state index in [4.69, 9.17) is 0 Å². The maximum atomic E-state index is 13.4. The molecule has 0 radical (unpaired) electrons. The molecule has 4 rings (SSSR count). The summed E-state index contributed by atoms with van der Waals surface area (Å²) in [6.07, 6.45) is 0.570. The van der Waals surface area contributed by atoms with E-state index in [-0.39, 0.29) is 5.56 Å². The van der Waals surface area contributed by atoms with E-state index < -0.39 is 11.6 Å². The van der Waals surface area contributed by atoms with Crippen molar-refractivity contribution in [1.29, 1.82) is 0 Å². The Balaban J connectivity index is 1.61. The van der Waals surface area contributed by atoms with Crippen LogP contribution in [0.5, 0.6) is 0 Å². The van der Waals surface area contributed by atoms with E-state index in [0.29, 0.717) is 43.0 Å². The number of fused-ring (bicyclic) bond motifs is 1. The number of rotatable bonds is 3. The smallest absolute Gasteiger partial charge is 0.254 e. The second-order valence-electron chi connectivity index (χ2n) is 6.06. The summed E-state index contributed by atoms with van der Waals surface area (Å²) < 4.78 is 26.7. The van der Waals surface area contributed by atoms with Crippen molar-refractivity contribution in [2.45, 2.75) is 19.5 Å². The van der Waals surface area contributed by atoms with Gasteiger partial charge in [-0.15, -0.1) is 11.3 Å². The molecule has 0 spiro atoms. The zero-order valence-electron chi connectivity index (χ0n) is 13.3. The Hall–Kier alpha value is -2.38. The molecular weight excluding hydrogens is 344 g/mol. The highest BCUT2D eigenvalue weighted by Crippen LogP contribution is 2.23. The van der Waals surface area contributed by atoms with Crippen molar-refractivity contribution in [3.05, 3.63) is 74.5 Å². The Morgan fingerprint density at radius 1 is 1.24 bits per heavy atom. The van der Waals surface area contributed by atoms with Crippen LogP contribution >= 0.6 is 11.3 Å². The average Bonchev–Trinajstić information content (AvgIpc) is 3.08. The van der Waals surface area contributed by atoms with Gasteiger partial charge in [0.1, 0.15) is 11.6 Å². The van der Waals surface area contributed by atoms with Crippen molar-refractivity contribution < 1.29 is 8.78 Å². The monoisotopic (exact) mass is 359 g/mol. The second-order valence-corrected chi connectivity index (χ2v) is 7.00. The van der Waals surface area contributed by atoms with Gasteiger partial charge in [-0.05, 0) is 35.6 Å². The molecule has 2 aromatic heterocycles. The first-order valence-electron chi connectivity index (χ1n) is 7.92. The molecule has 0 bridgehead atoms. The predicted octanol–water partition coefficient (Wildman–Crippen LogP) is 3.33. The highest BCUT2D eigenvalue weighted by atomic mass is 32.1. The third-order valence-corrected chi connectivity index (χ3v) is 5.11. The first kappa shape index (κ1) is 16.1. The van der Waals surface area contributed by atoms with Crippen LogP contribution in [0.3, 0.4) is 0 Å². The van der Waals surface area contributed by atoms with E-state index in [1.807, 2.05) is 22.4 Å². The molecule has 0 saturated carbocycles. The number of aromatic nitrogens is 2. The second kappa shape index (κ2) is 6.50. The molecule has 7 heteroatoms. The fraction of sp³-hybridized carbons (Fsp3) is 0.222. The van der Waals surface area contributed by atoms with Gasteiger partial charge in [0.2, 0.25) is 0 Å². The van der Waals surface area contributed by atoms with Gasteiger partial charge in [-0.2, -0.15) is 0 Å². The summed E-state index contributed by atoms with van der Waals surface area (Å²) >= 11 is 1.51. The van der Waals surface area contributed by atoms with E-state index in [9.17, 15) is 13.6 Å². The first-order valence-corrected chi connectivity index (χ1v) is 8.80. The van der Waals surface area contributed by atoms with Crippen molar-refractivity contribution in [2.24, 2.45) is 0 Å². The molecule has 25 heavy (non-hydrogen) atoms. The zero-order valence-corrected chi connectivity index (χ0v) is 14.1. The summed E-state index contributed by atoms with van der Waals surface area (Å²) in [6.45, 7) is 1.54. The van der Waals surface area contributed by atoms with Crippen LogP contribution in [0.1, 0.15) is 16.8 Å². The topological polar surface area (TPSA) is 49.0 Å². The van der Waals surface area contributed by atoms with Gasteiger partial charge >= 0.3 is 0 Å². The van der Waals surface area contributed by atoms with Crippen LogP contribution in [-0.4, -0.2) is 21.4 Å². The lowest BCUT2D eigenvalue weighted by molar-refractivity contribution is 0.240. The van der Waals surface area contributed by atoms with E-state index >= 15 is 0 Å². The molecule has 1 aromatic carbocycles. The Morgan fingerprint density at radius 3 is 2.76 bits per heavy atom. The van der Waals surface area contributed by atoms with Gasteiger partial charge in [0.05, 0.1) is 10.6 Å². The van der Waals surface area contributed by atoms with Gasteiger partial charge in [0.15, 0.2) is 5.82 Å². The van der Waals surface area contributed by atoms with Crippen LogP contribution in [0.25, 0.3) is 10.7 Å². The number of nitrogens with zero attached hydrogens (tertiary/aromatic N) is 2. The number of aromatic amines is 1. The molecule has 0 amide bonds. The summed E-state index contributed by atoms with van der Waals surface area (Å²) in [7, 11) is 0. The maximum Gasteiger partial charge on any atom is 0.254 e. The van der Waals surface area contributed by atoms with Gasteiger partial charge in [-0.3, -0.25) is 9.69 Å². The van der Waals surface area contributed by atoms with Crippen molar-refractivity contribution >= 4 is 11.3 Å². The summed E-state index contributed by atoms with van der Waals surface area (Å²) in [5.41, 5.74) is 1.89. The Kier molecular flexibility index (Phi) is 4.19. The molecule has 0 aliphatic carbocycles. The number of hydrogen-bond acceptors (Lipinski definition) is 4.